The van der Waals surface area contributed by atoms with E-state index in [0.717, 1.165) is 5.56 Å². The van der Waals surface area contributed by atoms with Crippen LogP contribution >= 0.6 is 0 Å². The molecule has 1 aliphatic heterocycles. The number of carbonyl (C=O) groups is 2. The third kappa shape index (κ3) is 2.59. The van der Waals surface area contributed by atoms with Crippen molar-refractivity contribution in [1.82, 2.24) is 0 Å². The molecule has 1 aliphatic rings. The number of benzene rings is 1. The SMILES string of the molecule is O=C(Cc1ccccc1)O[C@@H]1CCOC1=O. The Balaban J connectivity index is 1.87. The Hall–Kier alpha value is -1.84. The Bertz CT molecular complexity index is 385. The molecule has 0 spiro atoms. The van der Waals surface area contributed by atoms with Crippen LogP contribution in [0, 0.1) is 0 Å². The molecule has 1 heterocycles. The van der Waals surface area contributed by atoms with Crippen molar-refractivity contribution >= 4 is 11.9 Å². The van der Waals surface area contributed by atoms with Gasteiger partial charge in [0.1, 0.15) is 0 Å². The molecule has 0 bridgehead atoms. The van der Waals surface area contributed by atoms with Crippen molar-refractivity contribution in [3.63, 3.8) is 0 Å². The fourth-order valence-corrected chi connectivity index (χ4v) is 1.55. The summed E-state index contributed by atoms with van der Waals surface area (Å²) in [6, 6.07) is 9.27. The van der Waals surface area contributed by atoms with Gasteiger partial charge in [-0.15, -0.1) is 0 Å². The normalized spacial score (nSPS) is 19.2. The molecule has 0 amide bonds. The van der Waals surface area contributed by atoms with Crippen molar-refractivity contribution in [2.75, 3.05) is 6.61 Å². The lowest BCUT2D eigenvalue weighted by atomic mass is 10.1. The average Bonchev–Trinajstić information content (AvgIpc) is 2.66. The van der Waals surface area contributed by atoms with E-state index in [-0.39, 0.29) is 6.42 Å². The number of esters is 2. The minimum absolute atomic E-state index is 0.185. The van der Waals surface area contributed by atoms with E-state index >= 15 is 0 Å². The fourth-order valence-electron chi connectivity index (χ4n) is 1.55. The highest BCUT2D eigenvalue weighted by atomic mass is 16.6. The maximum atomic E-state index is 11.5. The molecule has 4 heteroatoms. The van der Waals surface area contributed by atoms with Gasteiger partial charge in [0.05, 0.1) is 13.0 Å². The van der Waals surface area contributed by atoms with E-state index in [4.69, 9.17) is 9.47 Å². The summed E-state index contributed by atoms with van der Waals surface area (Å²) < 4.78 is 9.71. The molecule has 0 aromatic heterocycles. The summed E-state index contributed by atoms with van der Waals surface area (Å²) in [7, 11) is 0. The molecule has 0 N–H and O–H groups in total. The highest BCUT2D eigenvalue weighted by molar-refractivity contribution is 5.81. The van der Waals surface area contributed by atoms with E-state index in [1.54, 1.807) is 0 Å². The minimum atomic E-state index is -0.712. The van der Waals surface area contributed by atoms with E-state index in [0.29, 0.717) is 13.0 Å². The van der Waals surface area contributed by atoms with Crippen molar-refractivity contribution < 1.29 is 19.1 Å². The predicted molar refractivity (Wildman–Crippen MR) is 55.6 cm³/mol. The first-order valence-electron chi connectivity index (χ1n) is 5.16. The standard InChI is InChI=1S/C12H12O4/c13-11(8-9-4-2-1-3-5-9)16-10-6-7-15-12(10)14/h1-5,10H,6-8H2/t10-/m1/s1. The van der Waals surface area contributed by atoms with E-state index in [1.807, 2.05) is 30.3 Å². The molecule has 1 aromatic rings. The van der Waals surface area contributed by atoms with Crippen LogP contribution in [-0.2, 0) is 25.5 Å². The minimum Gasteiger partial charge on any atom is -0.463 e. The van der Waals surface area contributed by atoms with E-state index in [2.05, 4.69) is 0 Å². The molecule has 0 saturated carbocycles. The molecule has 0 radical (unpaired) electrons. The van der Waals surface area contributed by atoms with Crippen LogP contribution in [-0.4, -0.2) is 24.6 Å². The zero-order chi connectivity index (χ0) is 11.4. The maximum absolute atomic E-state index is 11.5. The van der Waals surface area contributed by atoms with Gasteiger partial charge in [0.25, 0.3) is 0 Å². The maximum Gasteiger partial charge on any atom is 0.347 e. The van der Waals surface area contributed by atoms with Crippen molar-refractivity contribution in [1.29, 1.82) is 0 Å². The van der Waals surface area contributed by atoms with Crippen LogP contribution in [0.3, 0.4) is 0 Å². The van der Waals surface area contributed by atoms with Gasteiger partial charge >= 0.3 is 11.9 Å². The lowest BCUT2D eigenvalue weighted by Crippen LogP contribution is -2.23. The summed E-state index contributed by atoms with van der Waals surface area (Å²) in [5, 5.41) is 0. The molecule has 1 aromatic carbocycles. The molecule has 4 nitrogen and oxygen atoms in total. The number of rotatable bonds is 3. The average molecular weight is 220 g/mol. The van der Waals surface area contributed by atoms with Crippen LogP contribution in [0.15, 0.2) is 30.3 Å². The lowest BCUT2D eigenvalue weighted by Gasteiger charge is -2.07. The highest BCUT2D eigenvalue weighted by Crippen LogP contribution is 2.11. The van der Waals surface area contributed by atoms with Crippen molar-refractivity contribution in [3.05, 3.63) is 35.9 Å². The van der Waals surface area contributed by atoms with Crippen LogP contribution in [0.25, 0.3) is 0 Å². The highest BCUT2D eigenvalue weighted by Gasteiger charge is 2.29. The molecular formula is C12H12O4. The van der Waals surface area contributed by atoms with Gasteiger partial charge in [-0.3, -0.25) is 4.79 Å². The Morgan fingerprint density at radius 1 is 1.38 bits per heavy atom. The van der Waals surface area contributed by atoms with Crippen LogP contribution in [0.2, 0.25) is 0 Å². The van der Waals surface area contributed by atoms with Crippen LogP contribution in [0.5, 0.6) is 0 Å². The third-order valence-electron chi connectivity index (χ3n) is 2.35. The molecule has 1 atom stereocenters. The molecule has 2 rings (SSSR count). The molecule has 0 aliphatic carbocycles. The second-order valence-corrected chi connectivity index (χ2v) is 3.60. The fraction of sp³-hybridized carbons (Fsp3) is 0.333. The lowest BCUT2D eigenvalue weighted by molar-refractivity contribution is -0.159. The van der Waals surface area contributed by atoms with Gasteiger partial charge < -0.3 is 9.47 Å². The third-order valence-corrected chi connectivity index (χ3v) is 2.35. The Morgan fingerprint density at radius 3 is 2.75 bits per heavy atom. The molecule has 16 heavy (non-hydrogen) atoms. The van der Waals surface area contributed by atoms with Gasteiger partial charge in [-0.05, 0) is 5.56 Å². The number of cyclic esters (lactones) is 1. The van der Waals surface area contributed by atoms with Gasteiger partial charge in [0.15, 0.2) is 0 Å². The van der Waals surface area contributed by atoms with E-state index in [1.165, 1.54) is 0 Å². The molecule has 1 fully saturated rings. The molecule has 0 unspecified atom stereocenters. The summed E-state index contributed by atoms with van der Waals surface area (Å²) in [5.74, 6) is -0.837. The van der Waals surface area contributed by atoms with Crippen molar-refractivity contribution in [3.8, 4) is 0 Å². The Labute approximate surface area is 93.2 Å². The topological polar surface area (TPSA) is 52.6 Å². The quantitative estimate of drug-likeness (QED) is 0.715. The van der Waals surface area contributed by atoms with Gasteiger partial charge in [-0.2, -0.15) is 0 Å². The summed E-state index contributed by atoms with van der Waals surface area (Å²) in [5.41, 5.74) is 0.874. The second kappa shape index (κ2) is 4.79. The Morgan fingerprint density at radius 2 is 2.12 bits per heavy atom. The largest absolute Gasteiger partial charge is 0.463 e. The second-order valence-electron chi connectivity index (χ2n) is 3.60. The first kappa shape index (κ1) is 10.7. The molecule has 1 saturated heterocycles. The Kier molecular flexibility index (Phi) is 3.19. The first-order valence-corrected chi connectivity index (χ1v) is 5.16. The number of carbonyl (C=O) groups excluding carboxylic acids is 2. The van der Waals surface area contributed by atoms with Crippen molar-refractivity contribution in [2.45, 2.75) is 18.9 Å². The van der Waals surface area contributed by atoms with Gasteiger partial charge in [0.2, 0.25) is 6.10 Å². The smallest absolute Gasteiger partial charge is 0.347 e. The zero-order valence-corrected chi connectivity index (χ0v) is 8.72. The summed E-state index contributed by atoms with van der Waals surface area (Å²) >= 11 is 0. The van der Waals surface area contributed by atoms with E-state index < -0.39 is 18.0 Å². The first-order chi connectivity index (χ1) is 7.75. The summed E-state index contributed by atoms with van der Waals surface area (Å²) in [4.78, 5) is 22.5. The van der Waals surface area contributed by atoms with Crippen LogP contribution in [0.4, 0.5) is 0 Å². The molecular weight excluding hydrogens is 208 g/mol. The number of hydrogen-bond donors (Lipinski definition) is 0. The molecule has 84 valence electrons. The van der Waals surface area contributed by atoms with Crippen LogP contribution in [0.1, 0.15) is 12.0 Å². The number of hydrogen-bond acceptors (Lipinski definition) is 4. The summed E-state index contributed by atoms with van der Waals surface area (Å²) in [6.07, 6.45) is -0.0690. The van der Waals surface area contributed by atoms with E-state index in [9.17, 15) is 9.59 Å². The number of ether oxygens (including phenoxy) is 2. The zero-order valence-electron chi connectivity index (χ0n) is 8.72. The van der Waals surface area contributed by atoms with Crippen molar-refractivity contribution in [2.24, 2.45) is 0 Å². The predicted octanol–water partition coefficient (Wildman–Crippen LogP) is 1.09. The van der Waals surface area contributed by atoms with Crippen LogP contribution < -0.4 is 0 Å². The van der Waals surface area contributed by atoms with Gasteiger partial charge in [-0.1, -0.05) is 30.3 Å². The van der Waals surface area contributed by atoms with Gasteiger partial charge in [-0.25, -0.2) is 4.79 Å². The van der Waals surface area contributed by atoms with Gasteiger partial charge in [0, 0.05) is 6.42 Å². The summed E-state index contributed by atoms with van der Waals surface area (Å²) in [6.45, 7) is 0.335. The monoisotopic (exact) mass is 220 g/mol.